The predicted molar refractivity (Wildman–Crippen MR) is 81.4 cm³/mol. The monoisotopic (exact) mass is 298 g/mol. The van der Waals surface area contributed by atoms with Gasteiger partial charge in [0.2, 0.25) is 0 Å². The number of aryl methyl sites for hydroxylation is 2. The molecule has 3 nitrogen and oxygen atoms in total. The number of carbonyl (C=O) groups excluding carboxylic acids is 1. The van der Waals surface area contributed by atoms with Crippen LogP contribution >= 0.6 is 0 Å². The maximum atomic E-state index is 12.8. The number of fused-ring (bicyclic) bond motifs is 1. The smallest absolute Gasteiger partial charge is 0.315 e. The van der Waals surface area contributed by atoms with E-state index in [1.807, 2.05) is 26.0 Å². The molecule has 1 aromatic heterocycles. The number of rotatable bonds is 3. The van der Waals surface area contributed by atoms with Gasteiger partial charge in [0.05, 0.1) is 12.7 Å². The molecule has 0 radical (unpaired) electrons. The molecule has 22 heavy (non-hydrogen) atoms. The van der Waals surface area contributed by atoms with Gasteiger partial charge in [0.15, 0.2) is 0 Å². The standard InChI is InChI=1S/C18H15FO3/c1-11-7-12(2)18-13(10-21-16(18)8-11)9-17(20)22-15-5-3-14(19)4-6-15/h3-8,10H,9H2,1-2H3. The van der Waals surface area contributed by atoms with Crippen molar-refractivity contribution >= 4 is 16.9 Å². The van der Waals surface area contributed by atoms with Gasteiger partial charge in [-0.25, -0.2) is 4.39 Å². The Morgan fingerprint density at radius 1 is 1.18 bits per heavy atom. The zero-order valence-electron chi connectivity index (χ0n) is 12.4. The summed E-state index contributed by atoms with van der Waals surface area (Å²) in [5.74, 6) is -0.451. The molecule has 1 heterocycles. The van der Waals surface area contributed by atoms with Crippen molar-refractivity contribution in [3.63, 3.8) is 0 Å². The fraction of sp³-hybridized carbons (Fsp3) is 0.167. The summed E-state index contributed by atoms with van der Waals surface area (Å²) in [6.07, 6.45) is 1.69. The van der Waals surface area contributed by atoms with Crippen molar-refractivity contribution in [2.45, 2.75) is 20.3 Å². The van der Waals surface area contributed by atoms with E-state index in [1.54, 1.807) is 6.26 Å². The molecule has 0 atom stereocenters. The molecule has 0 aliphatic rings. The second kappa shape index (κ2) is 5.64. The van der Waals surface area contributed by atoms with Crippen LogP contribution in [0.15, 0.2) is 47.1 Å². The van der Waals surface area contributed by atoms with Crippen molar-refractivity contribution in [1.82, 2.24) is 0 Å². The van der Waals surface area contributed by atoms with Crippen LogP contribution in [0, 0.1) is 19.7 Å². The van der Waals surface area contributed by atoms with E-state index in [2.05, 4.69) is 0 Å². The first kappa shape index (κ1) is 14.3. The summed E-state index contributed by atoms with van der Waals surface area (Å²) in [5.41, 5.74) is 3.73. The average Bonchev–Trinajstić information content (AvgIpc) is 2.84. The first-order valence-corrected chi connectivity index (χ1v) is 6.96. The lowest BCUT2D eigenvalue weighted by Gasteiger charge is -2.04. The number of esters is 1. The van der Waals surface area contributed by atoms with Crippen LogP contribution in [0.1, 0.15) is 16.7 Å². The first-order chi connectivity index (χ1) is 10.5. The molecule has 0 saturated carbocycles. The van der Waals surface area contributed by atoms with Gasteiger partial charge in [-0.2, -0.15) is 0 Å². The molecule has 0 amide bonds. The normalized spacial score (nSPS) is 10.9. The average molecular weight is 298 g/mol. The lowest BCUT2D eigenvalue weighted by atomic mass is 10.0. The second-order valence-corrected chi connectivity index (χ2v) is 5.32. The third kappa shape index (κ3) is 2.86. The molecule has 3 rings (SSSR count). The van der Waals surface area contributed by atoms with E-state index in [1.165, 1.54) is 24.3 Å². The fourth-order valence-corrected chi connectivity index (χ4v) is 2.58. The van der Waals surface area contributed by atoms with Crippen molar-refractivity contribution in [1.29, 1.82) is 0 Å². The maximum Gasteiger partial charge on any atom is 0.315 e. The number of hydrogen-bond acceptors (Lipinski definition) is 3. The van der Waals surface area contributed by atoms with Gasteiger partial charge in [-0.05, 0) is 55.3 Å². The summed E-state index contributed by atoms with van der Waals surface area (Å²) in [7, 11) is 0. The summed E-state index contributed by atoms with van der Waals surface area (Å²) in [6.45, 7) is 3.98. The summed E-state index contributed by atoms with van der Waals surface area (Å²) in [4.78, 5) is 12.0. The van der Waals surface area contributed by atoms with Crippen molar-refractivity contribution in [2.75, 3.05) is 0 Å². The van der Waals surface area contributed by atoms with Crippen molar-refractivity contribution in [2.24, 2.45) is 0 Å². The molecule has 0 aliphatic carbocycles. The fourth-order valence-electron chi connectivity index (χ4n) is 2.58. The quantitative estimate of drug-likeness (QED) is 0.533. The number of hydrogen-bond donors (Lipinski definition) is 0. The van der Waals surface area contributed by atoms with Gasteiger partial charge in [-0.3, -0.25) is 4.79 Å². The number of carbonyl (C=O) groups is 1. The zero-order valence-corrected chi connectivity index (χ0v) is 12.4. The topological polar surface area (TPSA) is 39.4 Å². The summed E-state index contributed by atoms with van der Waals surface area (Å²) < 4.78 is 23.6. The highest BCUT2D eigenvalue weighted by atomic mass is 19.1. The molecule has 2 aromatic carbocycles. The minimum absolute atomic E-state index is 0.105. The van der Waals surface area contributed by atoms with Crippen molar-refractivity contribution < 1.29 is 18.3 Å². The Bertz CT molecular complexity index is 831. The predicted octanol–water partition coefficient (Wildman–Crippen LogP) is 4.34. The number of ether oxygens (including phenoxy) is 1. The molecular formula is C18H15FO3. The van der Waals surface area contributed by atoms with E-state index in [0.29, 0.717) is 5.75 Å². The van der Waals surface area contributed by atoms with Crippen LogP contribution in [-0.2, 0) is 11.2 Å². The summed E-state index contributed by atoms with van der Waals surface area (Å²) in [5, 5.41) is 0.946. The lowest BCUT2D eigenvalue weighted by molar-refractivity contribution is -0.133. The molecule has 0 unspecified atom stereocenters. The Balaban J connectivity index is 1.81. The molecular weight excluding hydrogens is 283 g/mol. The number of halogens is 1. The van der Waals surface area contributed by atoms with Gasteiger partial charge in [-0.15, -0.1) is 0 Å². The van der Waals surface area contributed by atoms with E-state index in [0.717, 1.165) is 27.7 Å². The van der Waals surface area contributed by atoms with Crippen LogP contribution in [0.25, 0.3) is 11.0 Å². The van der Waals surface area contributed by atoms with Gasteiger partial charge in [-0.1, -0.05) is 6.07 Å². The van der Waals surface area contributed by atoms with E-state index >= 15 is 0 Å². The Morgan fingerprint density at radius 3 is 2.64 bits per heavy atom. The van der Waals surface area contributed by atoms with Gasteiger partial charge in [0, 0.05) is 10.9 Å². The summed E-state index contributed by atoms with van der Waals surface area (Å²) in [6, 6.07) is 9.35. The van der Waals surface area contributed by atoms with Crippen molar-refractivity contribution in [3.05, 3.63) is 65.2 Å². The van der Waals surface area contributed by atoms with Gasteiger partial charge < -0.3 is 9.15 Å². The SMILES string of the molecule is Cc1cc(C)c2c(CC(=O)Oc3ccc(F)cc3)coc2c1. The molecule has 0 saturated heterocycles. The highest BCUT2D eigenvalue weighted by Crippen LogP contribution is 2.27. The lowest BCUT2D eigenvalue weighted by Crippen LogP contribution is -2.11. The largest absolute Gasteiger partial charge is 0.464 e. The van der Waals surface area contributed by atoms with Crippen LogP contribution in [-0.4, -0.2) is 5.97 Å². The van der Waals surface area contributed by atoms with Gasteiger partial charge >= 0.3 is 5.97 Å². The number of benzene rings is 2. The zero-order chi connectivity index (χ0) is 15.7. The van der Waals surface area contributed by atoms with Crippen LogP contribution < -0.4 is 4.74 Å². The van der Waals surface area contributed by atoms with E-state index in [4.69, 9.17) is 9.15 Å². The van der Waals surface area contributed by atoms with E-state index < -0.39 is 5.97 Å². The van der Waals surface area contributed by atoms with Crippen molar-refractivity contribution in [3.8, 4) is 5.75 Å². The van der Waals surface area contributed by atoms with Crippen LogP contribution in [0.5, 0.6) is 5.75 Å². The molecule has 0 N–H and O–H groups in total. The Kier molecular flexibility index (Phi) is 3.67. The maximum absolute atomic E-state index is 12.8. The molecule has 0 spiro atoms. The summed E-state index contributed by atoms with van der Waals surface area (Å²) >= 11 is 0. The number of furan rings is 1. The molecule has 112 valence electrons. The molecule has 4 heteroatoms. The molecule has 0 fully saturated rings. The Morgan fingerprint density at radius 2 is 1.91 bits per heavy atom. The third-order valence-electron chi connectivity index (χ3n) is 3.47. The molecule has 3 aromatic rings. The van der Waals surface area contributed by atoms with Gasteiger partial charge in [0.25, 0.3) is 0 Å². The van der Waals surface area contributed by atoms with Crippen LogP contribution in [0.2, 0.25) is 0 Å². The molecule has 0 aliphatic heterocycles. The second-order valence-electron chi connectivity index (χ2n) is 5.32. The Hall–Kier alpha value is -2.62. The highest BCUT2D eigenvalue weighted by molar-refractivity contribution is 5.89. The van der Waals surface area contributed by atoms with E-state index in [-0.39, 0.29) is 12.2 Å². The minimum Gasteiger partial charge on any atom is -0.464 e. The van der Waals surface area contributed by atoms with Crippen LogP contribution in [0.3, 0.4) is 0 Å². The third-order valence-corrected chi connectivity index (χ3v) is 3.47. The molecule has 0 bridgehead atoms. The highest BCUT2D eigenvalue weighted by Gasteiger charge is 2.14. The minimum atomic E-state index is -0.408. The van der Waals surface area contributed by atoms with E-state index in [9.17, 15) is 9.18 Å². The first-order valence-electron chi connectivity index (χ1n) is 6.96. The van der Waals surface area contributed by atoms with Gasteiger partial charge in [0.1, 0.15) is 17.1 Å². The van der Waals surface area contributed by atoms with Crippen LogP contribution in [0.4, 0.5) is 4.39 Å². The Labute approximate surface area is 127 Å².